The molecule has 0 radical (unpaired) electrons. The van der Waals surface area contributed by atoms with E-state index in [1.54, 1.807) is 13.1 Å². The first-order chi connectivity index (χ1) is 11.1. The maximum atomic E-state index is 11.7. The van der Waals surface area contributed by atoms with Gasteiger partial charge in [-0.05, 0) is 39.3 Å². The Morgan fingerprint density at radius 1 is 1.48 bits per heavy atom. The minimum atomic E-state index is -0.138. The molecule has 1 fully saturated rings. The molecular formula is C16H24N6O. The van der Waals surface area contributed by atoms with E-state index in [0.717, 1.165) is 43.9 Å². The number of hydrogen-bond acceptors (Lipinski definition) is 4. The average Bonchev–Trinajstić information content (AvgIpc) is 3.17. The van der Waals surface area contributed by atoms with E-state index in [1.807, 2.05) is 17.8 Å². The average molecular weight is 316 g/mol. The molecule has 2 aromatic heterocycles. The Morgan fingerprint density at radius 2 is 2.30 bits per heavy atom. The van der Waals surface area contributed by atoms with Crippen LogP contribution >= 0.6 is 0 Å². The number of aromatic nitrogens is 4. The molecule has 0 spiro atoms. The van der Waals surface area contributed by atoms with E-state index in [2.05, 4.69) is 32.4 Å². The first-order valence-corrected chi connectivity index (χ1v) is 8.08. The van der Waals surface area contributed by atoms with Gasteiger partial charge in [-0.1, -0.05) is 0 Å². The van der Waals surface area contributed by atoms with Crippen molar-refractivity contribution in [2.45, 2.75) is 39.3 Å². The van der Waals surface area contributed by atoms with Crippen LogP contribution in [0.15, 0.2) is 12.3 Å². The topological polar surface area (TPSA) is 78.8 Å². The fraction of sp³-hybridized carbons (Fsp3) is 0.562. The van der Waals surface area contributed by atoms with Crippen LogP contribution < -0.4 is 5.32 Å². The van der Waals surface area contributed by atoms with E-state index in [4.69, 9.17) is 0 Å². The molecular weight excluding hydrogens is 292 g/mol. The summed E-state index contributed by atoms with van der Waals surface area (Å²) in [6.45, 7) is 7.06. The number of nitrogens with one attached hydrogen (secondary N) is 2. The number of carbonyl (C=O) groups is 1. The number of amides is 1. The Hall–Kier alpha value is -2.15. The number of piperidine rings is 1. The Kier molecular flexibility index (Phi) is 4.47. The molecule has 1 saturated heterocycles. The van der Waals surface area contributed by atoms with E-state index in [-0.39, 0.29) is 5.91 Å². The molecule has 1 aliphatic rings. The molecule has 0 bridgehead atoms. The molecule has 1 amide bonds. The van der Waals surface area contributed by atoms with Crippen molar-refractivity contribution in [3.63, 3.8) is 0 Å². The van der Waals surface area contributed by atoms with Crippen molar-refractivity contribution in [1.82, 2.24) is 30.2 Å². The normalized spacial score (nSPS) is 19.0. The molecule has 1 aliphatic heterocycles. The van der Waals surface area contributed by atoms with Gasteiger partial charge in [-0.3, -0.25) is 19.5 Å². The second-order valence-electron chi connectivity index (χ2n) is 6.20. The number of nitrogens with zero attached hydrogens (tertiary/aromatic N) is 4. The molecule has 124 valence electrons. The smallest absolute Gasteiger partial charge is 0.271 e. The molecule has 1 atom stereocenters. The molecule has 7 nitrogen and oxygen atoms in total. The third-order valence-electron chi connectivity index (χ3n) is 4.59. The number of H-pyrrole nitrogens is 1. The predicted molar refractivity (Wildman–Crippen MR) is 87.2 cm³/mol. The van der Waals surface area contributed by atoms with Crippen molar-refractivity contribution < 1.29 is 4.79 Å². The number of rotatable bonds is 4. The largest absolute Gasteiger partial charge is 0.354 e. The molecule has 3 rings (SSSR count). The van der Waals surface area contributed by atoms with Gasteiger partial charge in [0.15, 0.2) is 0 Å². The summed E-state index contributed by atoms with van der Waals surface area (Å²) in [7, 11) is 1.62. The summed E-state index contributed by atoms with van der Waals surface area (Å²) in [5, 5.41) is 14.4. The molecule has 2 N–H and O–H groups in total. The maximum Gasteiger partial charge on any atom is 0.271 e. The number of carbonyl (C=O) groups excluding carboxylic acids is 1. The molecule has 0 aromatic carbocycles. The highest BCUT2D eigenvalue weighted by molar-refractivity contribution is 5.91. The van der Waals surface area contributed by atoms with Crippen LogP contribution in [0.2, 0.25) is 0 Å². The van der Waals surface area contributed by atoms with Gasteiger partial charge in [-0.25, -0.2) is 0 Å². The highest BCUT2D eigenvalue weighted by Crippen LogP contribution is 2.23. The van der Waals surface area contributed by atoms with Gasteiger partial charge in [0.05, 0.1) is 11.7 Å². The number of aryl methyl sites for hydroxylation is 2. The van der Waals surface area contributed by atoms with Crippen LogP contribution in [0.1, 0.15) is 46.3 Å². The molecule has 3 heterocycles. The summed E-state index contributed by atoms with van der Waals surface area (Å²) in [6, 6.07) is 2.09. The van der Waals surface area contributed by atoms with Crippen molar-refractivity contribution in [2.75, 3.05) is 20.1 Å². The van der Waals surface area contributed by atoms with E-state index in [0.29, 0.717) is 11.7 Å². The standard InChI is InChI=1S/C16H24N6O/c1-11-14(12(2)19-18-11)10-21-7-4-5-13(9-21)22-8-6-15(20-22)16(23)17-3/h6,8,13H,4-5,7,9-10H2,1-3H3,(H,17,23)(H,18,19)/t13-/m1/s1. The lowest BCUT2D eigenvalue weighted by molar-refractivity contribution is 0.0955. The summed E-state index contributed by atoms with van der Waals surface area (Å²) < 4.78 is 1.94. The van der Waals surface area contributed by atoms with Crippen molar-refractivity contribution in [3.8, 4) is 0 Å². The Morgan fingerprint density at radius 3 is 3.00 bits per heavy atom. The van der Waals surface area contributed by atoms with Crippen LogP contribution in [0, 0.1) is 13.8 Å². The molecule has 0 aliphatic carbocycles. The predicted octanol–water partition coefficient (Wildman–Crippen LogP) is 1.42. The molecule has 23 heavy (non-hydrogen) atoms. The van der Waals surface area contributed by atoms with E-state index in [1.165, 1.54) is 5.56 Å². The quantitative estimate of drug-likeness (QED) is 0.894. The maximum absolute atomic E-state index is 11.7. The van der Waals surface area contributed by atoms with Crippen LogP contribution in [0.5, 0.6) is 0 Å². The van der Waals surface area contributed by atoms with E-state index in [9.17, 15) is 4.79 Å². The van der Waals surface area contributed by atoms with Gasteiger partial charge in [0, 0.05) is 37.6 Å². The van der Waals surface area contributed by atoms with Crippen LogP contribution in [0.4, 0.5) is 0 Å². The van der Waals surface area contributed by atoms with Gasteiger partial charge in [0.2, 0.25) is 0 Å². The molecule has 0 unspecified atom stereocenters. The van der Waals surface area contributed by atoms with Gasteiger partial charge in [-0.2, -0.15) is 10.2 Å². The van der Waals surface area contributed by atoms with Crippen molar-refractivity contribution in [2.24, 2.45) is 0 Å². The molecule has 7 heteroatoms. The SMILES string of the molecule is CNC(=O)c1ccn([C@@H]2CCCN(Cc3c(C)n[nH]c3C)C2)n1. The number of aromatic amines is 1. The fourth-order valence-electron chi connectivity index (χ4n) is 3.21. The number of likely N-dealkylation sites (tertiary alicyclic amines) is 1. The first kappa shape index (κ1) is 15.7. The fourth-order valence-corrected chi connectivity index (χ4v) is 3.21. The summed E-state index contributed by atoms with van der Waals surface area (Å²) in [5.74, 6) is -0.138. The van der Waals surface area contributed by atoms with Crippen LogP contribution in [-0.4, -0.2) is 50.9 Å². The Bertz CT molecular complexity index is 669. The lowest BCUT2D eigenvalue weighted by Gasteiger charge is -2.32. The van der Waals surface area contributed by atoms with Gasteiger partial charge < -0.3 is 5.32 Å². The second kappa shape index (κ2) is 6.54. The van der Waals surface area contributed by atoms with Gasteiger partial charge in [-0.15, -0.1) is 0 Å². The summed E-state index contributed by atoms with van der Waals surface area (Å²) >= 11 is 0. The third-order valence-corrected chi connectivity index (χ3v) is 4.59. The first-order valence-electron chi connectivity index (χ1n) is 8.08. The summed E-state index contributed by atoms with van der Waals surface area (Å²) in [5.41, 5.74) is 3.99. The summed E-state index contributed by atoms with van der Waals surface area (Å²) in [4.78, 5) is 14.1. The lowest BCUT2D eigenvalue weighted by atomic mass is 10.0. The number of hydrogen-bond donors (Lipinski definition) is 2. The Balaban J connectivity index is 1.68. The van der Waals surface area contributed by atoms with Gasteiger partial charge in [0.25, 0.3) is 5.91 Å². The Labute approximate surface area is 136 Å². The highest BCUT2D eigenvalue weighted by Gasteiger charge is 2.24. The zero-order valence-corrected chi connectivity index (χ0v) is 14.0. The van der Waals surface area contributed by atoms with Crippen molar-refractivity contribution in [3.05, 3.63) is 34.9 Å². The zero-order chi connectivity index (χ0) is 16.4. The zero-order valence-electron chi connectivity index (χ0n) is 14.0. The lowest BCUT2D eigenvalue weighted by Crippen LogP contribution is -2.36. The minimum absolute atomic E-state index is 0.138. The van der Waals surface area contributed by atoms with Gasteiger partial charge >= 0.3 is 0 Å². The van der Waals surface area contributed by atoms with E-state index < -0.39 is 0 Å². The van der Waals surface area contributed by atoms with E-state index >= 15 is 0 Å². The summed E-state index contributed by atoms with van der Waals surface area (Å²) in [6.07, 6.45) is 4.14. The van der Waals surface area contributed by atoms with Crippen LogP contribution in [0.3, 0.4) is 0 Å². The van der Waals surface area contributed by atoms with Crippen LogP contribution in [0.25, 0.3) is 0 Å². The monoisotopic (exact) mass is 316 g/mol. The molecule has 0 saturated carbocycles. The van der Waals surface area contributed by atoms with Crippen LogP contribution in [-0.2, 0) is 6.54 Å². The van der Waals surface area contributed by atoms with Crippen molar-refractivity contribution >= 4 is 5.91 Å². The molecule has 2 aromatic rings. The minimum Gasteiger partial charge on any atom is -0.354 e. The third kappa shape index (κ3) is 3.29. The van der Waals surface area contributed by atoms with Crippen molar-refractivity contribution in [1.29, 1.82) is 0 Å². The highest BCUT2D eigenvalue weighted by atomic mass is 16.1. The second-order valence-corrected chi connectivity index (χ2v) is 6.20. The van der Waals surface area contributed by atoms with Gasteiger partial charge in [0.1, 0.15) is 5.69 Å².